The second kappa shape index (κ2) is 6.67. The van der Waals surface area contributed by atoms with Crippen LogP contribution in [0.5, 0.6) is 0 Å². The second-order valence-electron chi connectivity index (χ2n) is 3.55. The highest BCUT2D eigenvalue weighted by atomic mass is 35.5. The molecule has 0 amide bonds. The molecule has 0 fully saturated rings. The highest BCUT2D eigenvalue weighted by molar-refractivity contribution is 6.17. The first kappa shape index (κ1) is 12.3. The van der Waals surface area contributed by atoms with E-state index in [4.69, 9.17) is 11.6 Å². The summed E-state index contributed by atoms with van der Waals surface area (Å²) in [7, 11) is 0. The predicted molar refractivity (Wildman–Crippen MR) is 66.6 cm³/mol. The fourth-order valence-electron chi connectivity index (χ4n) is 1.58. The molecule has 15 heavy (non-hydrogen) atoms. The van der Waals surface area contributed by atoms with E-state index in [2.05, 4.69) is 23.7 Å². The zero-order chi connectivity index (χ0) is 11.1. The lowest BCUT2D eigenvalue weighted by Crippen LogP contribution is -2.25. The van der Waals surface area contributed by atoms with Crippen molar-refractivity contribution >= 4 is 17.4 Å². The van der Waals surface area contributed by atoms with Gasteiger partial charge in [-0.2, -0.15) is 0 Å². The number of rotatable bonds is 6. The van der Waals surface area contributed by atoms with Gasteiger partial charge in [0.1, 0.15) is 5.82 Å². The Morgan fingerprint density at radius 1 is 1.40 bits per heavy atom. The van der Waals surface area contributed by atoms with Crippen LogP contribution in [-0.4, -0.2) is 18.1 Å². The zero-order valence-electron chi connectivity index (χ0n) is 9.54. The molecule has 1 aromatic rings. The molecule has 0 aliphatic carbocycles. The van der Waals surface area contributed by atoms with Gasteiger partial charge in [-0.3, -0.25) is 0 Å². The third-order valence-corrected chi connectivity index (χ3v) is 2.76. The summed E-state index contributed by atoms with van der Waals surface area (Å²) < 4.78 is 0. The Balaban J connectivity index is 2.80. The van der Waals surface area contributed by atoms with Crippen molar-refractivity contribution in [1.82, 2.24) is 4.98 Å². The van der Waals surface area contributed by atoms with E-state index in [-0.39, 0.29) is 0 Å². The second-order valence-corrected chi connectivity index (χ2v) is 3.82. The molecule has 0 aromatic carbocycles. The fourth-order valence-corrected chi connectivity index (χ4v) is 1.79. The minimum Gasteiger partial charge on any atom is -0.357 e. The number of hydrogen-bond acceptors (Lipinski definition) is 2. The zero-order valence-corrected chi connectivity index (χ0v) is 10.3. The largest absolute Gasteiger partial charge is 0.357 e. The average Bonchev–Trinajstić information content (AvgIpc) is 2.30. The van der Waals surface area contributed by atoms with E-state index < -0.39 is 0 Å². The van der Waals surface area contributed by atoms with Crippen molar-refractivity contribution in [2.45, 2.75) is 32.6 Å². The fraction of sp³-hybridized carbons (Fsp3) is 0.583. The van der Waals surface area contributed by atoms with Crippen molar-refractivity contribution in [3.8, 4) is 0 Å². The number of anilines is 1. The average molecular weight is 227 g/mol. The van der Waals surface area contributed by atoms with Gasteiger partial charge in [0.05, 0.1) is 5.88 Å². The summed E-state index contributed by atoms with van der Waals surface area (Å²) in [5, 5.41) is 0. The molecule has 0 bridgehead atoms. The number of unbranched alkanes of at least 4 members (excludes halogenated alkanes) is 1. The van der Waals surface area contributed by atoms with Crippen molar-refractivity contribution < 1.29 is 0 Å². The van der Waals surface area contributed by atoms with Crippen LogP contribution in [0.2, 0.25) is 0 Å². The molecule has 0 atom stereocenters. The molecule has 84 valence electrons. The van der Waals surface area contributed by atoms with Gasteiger partial charge in [-0.15, -0.1) is 11.6 Å². The summed E-state index contributed by atoms with van der Waals surface area (Å²) >= 11 is 5.90. The number of hydrogen-bond donors (Lipinski definition) is 0. The smallest absolute Gasteiger partial charge is 0.132 e. The molecule has 0 saturated heterocycles. The van der Waals surface area contributed by atoms with Crippen LogP contribution in [0.4, 0.5) is 5.82 Å². The summed E-state index contributed by atoms with van der Waals surface area (Å²) in [6.07, 6.45) is 4.24. The first-order valence-corrected chi connectivity index (χ1v) is 6.11. The minimum atomic E-state index is 0.534. The van der Waals surface area contributed by atoms with Crippen molar-refractivity contribution in [2.24, 2.45) is 0 Å². The predicted octanol–water partition coefficient (Wildman–Crippen LogP) is 3.45. The quantitative estimate of drug-likeness (QED) is 0.691. The number of halogens is 1. The summed E-state index contributed by atoms with van der Waals surface area (Å²) in [5.41, 5.74) is 1.12. The van der Waals surface area contributed by atoms with Crippen LogP contribution in [0.25, 0.3) is 0 Å². The molecule has 2 nitrogen and oxygen atoms in total. The standard InChI is InChI=1S/C12H19ClN2/c1-3-5-9-15(4-2)12-11(10-13)7-6-8-14-12/h6-8H,3-5,9-10H2,1-2H3. The molecule has 1 heterocycles. The third-order valence-electron chi connectivity index (χ3n) is 2.47. The molecule has 3 heteroatoms. The van der Waals surface area contributed by atoms with Gasteiger partial charge in [0, 0.05) is 24.8 Å². The molecule has 0 saturated carbocycles. The monoisotopic (exact) mass is 226 g/mol. The Morgan fingerprint density at radius 3 is 2.80 bits per heavy atom. The Labute approximate surface area is 97.3 Å². The lowest BCUT2D eigenvalue weighted by Gasteiger charge is -2.23. The van der Waals surface area contributed by atoms with Crippen LogP contribution in [0.1, 0.15) is 32.3 Å². The van der Waals surface area contributed by atoms with Crippen LogP contribution in [0, 0.1) is 0 Å². The lowest BCUT2D eigenvalue weighted by molar-refractivity contribution is 0.721. The molecule has 1 aromatic heterocycles. The summed E-state index contributed by atoms with van der Waals surface area (Å²) in [4.78, 5) is 6.71. The number of nitrogens with zero attached hydrogens (tertiary/aromatic N) is 2. The SMILES string of the molecule is CCCCN(CC)c1ncccc1CCl. The normalized spacial score (nSPS) is 10.3. The molecular weight excluding hydrogens is 208 g/mol. The molecule has 0 spiro atoms. The summed E-state index contributed by atoms with van der Waals surface area (Å²) in [5.74, 6) is 1.58. The first-order chi connectivity index (χ1) is 7.33. The van der Waals surface area contributed by atoms with Crippen molar-refractivity contribution in [3.63, 3.8) is 0 Å². The molecule has 0 unspecified atom stereocenters. The molecular formula is C12H19ClN2. The van der Waals surface area contributed by atoms with Crippen LogP contribution in [0.15, 0.2) is 18.3 Å². The Hall–Kier alpha value is -0.760. The van der Waals surface area contributed by atoms with E-state index in [0.29, 0.717) is 5.88 Å². The maximum absolute atomic E-state index is 5.90. The van der Waals surface area contributed by atoms with Crippen LogP contribution in [0.3, 0.4) is 0 Å². The molecule has 0 radical (unpaired) electrons. The van der Waals surface area contributed by atoms with Gasteiger partial charge in [0.15, 0.2) is 0 Å². The van der Waals surface area contributed by atoms with Gasteiger partial charge < -0.3 is 4.90 Å². The van der Waals surface area contributed by atoms with Crippen LogP contribution in [-0.2, 0) is 5.88 Å². The number of alkyl halides is 1. The van der Waals surface area contributed by atoms with Crippen LogP contribution >= 0.6 is 11.6 Å². The molecule has 1 rings (SSSR count). The number of aromatic nitrogens is 1. The maximum Gasteiger partial charge on any atom is 0.132 e. The topological polar surface area (TPSA) is 16.1 Å². The van der Waals surface area contributed by atoms with E-state index in [1.807, 2.05) is 18.3 Å². The van der Waals surface area contributed by atoms with Crippen molar-refractivity contribution in [2.75, 3.05) is 18.0 Å². The van der Waals surface area contributed by atoms with Crippen molar-refractivity contribution in [1.29, 1.82) is 0 Å². The maximum atomic E-state index is 5.90. The van der Waals surface area contributed by atoms with E-state index in [1.165, 1.54) is 12.8 Å². The van der Waals surface area contributed by atoms with E-state index in [0.717, 1.165) is 24.5 Å². The highest BCUT2D eigenvalue weighted by Crippen LogP contribution is 2.19. The summed E-state index contributed by atoms with van der Waals surface area (Å²) in [6.45, 7) is 6.41. The van der Waals surface area contributed by atoms with E-state index in [1.54, 1.807) is 0 Å². The molecule has 0 aliphatic rings. The van der Waals surface area contributed by atoms with Gasteiger partial charge in [-0.1, -0.05) is 19.4 Å². The minimum absolute atomic E-state index is 0.534. The van der Waals surface area contributed by atoms with Gasteiger partial charge >= 0.3 is 0 Å². The Morgan fingerprint density at radius 2 is 2.20 bits per heavy atom. The van der Waals surface area contributed by atoms with E-state index in [9.17, 15) is 0 Å². The Bertz CT molecular complexity index is 289. The van der Waals surface area contributed by atoms with E-state index >= 15 is 0 Å². The van der Waals surface area contributed by atoms with Crippen LogP contribution < -0.4 is 4.90 Å². The Kier molecular flexibility index (Phi) is 5.48. The van der Waals surface area contributed by atoms with Crippen molar-refractivity contribution in [3.05, 3.63) is 23.9 Å². The summed E-state index contributed by atoms with van der Waals surface area (Å²) in [6, 6.07) is 3.98. The molecule has 0 aliphatic heterocycles. The third kappa shape index (κ3) is 3.38. The molecule has 0 N–H and O–H groups in total. The van der Waals surface area contributed by atoms with Gasteiger partial charge in [-0.05, 0) is 19.4 Å². The number of pyridine rings is 1. The van der Waals surface area contributed by atoms with Gasteiger partial charge in [-0.25, -0.2) is 4.98 Å². The highest BCUT2D eigenvalue weighted by Gasteiger charge is 2.09. The first-order valence-electron chi connectivity index (χ1n) is 5.58. The van der Waals surface area contributed by atoms with Gasteiger partial charge in [0.25, 0.3) is 0 Å². The van der Waals surface area contributed by atoms with Gasteiger partial charge in [0.2, 0.25) is 0 Å². The lowest BCUT2D eigenvalue weighted by atomic mass is 10.2.